The third-order valence-corrected chi connectivity index (χ3v) is 4.58. The van der Waals surface area contributed by atoms with Crippen molar-refractivity contribution in [2.45, 2.75) is 52.0 Å². The number of hydrogen-bond acceptors (Lipinski definition) is 4. The lowest BCUT2D eigenvalue weighted by Gasteiger charge is -2.22. The van der Waals surface area contributed by atoms with Crippen molar-refractivity contribution in [3.63, 3.8) is 0 Å². The van der Waals surface area contributed by atoms with Gasteiger partial charge >= 0.3 is 0 Å². The van der Waals surface area contributed by atoms with E-state index in [0.717, 1.165) is 48.6 Å². The maximum Gasteiger partial charge on any atom is 0.193 e. The molecular weight excluding hydrogens is 493 g/mol. The monoisotopic (exact) mass is 525 g/mol. The number of benzene rings is 2. The molecule has 164 valence electrons. The van der Waals surface area contributed by atoms with Gasteiger partial charge in [-0.05, 0) is 62.1 Å². The zero-order valence-electron chi connectivity index (χ0n) is 17.7. The van der Waals surface area contributed by atoms with Gasteiger partial charge in [0.05, 0.1) is 25.4 Å². The van der Waals surface area contributed by atoms with Crippen molar-refractivity contribution < 1.29 is 14.2 Å². The molecule has 1 aliphatic rings. The minimum atomic E-state index is 0. The van der Waals surface area contributed by atoms with Gasteiger partial charge in [-0.15, -0.1) is 24.0 Å². The van der Waals surface area contributed by atoms with Crippen LogP contribution in [0.2, 0.25) is 0 Å². The summed E-state index contributed by atoms with van der Waals surface area (Å²) in [5.41, 5.74) is 9.16. The molecule has 0 bridgehead atoms. The van der Waals surface area contributed by atoms with Crippen LogP contribution in [0, 0.1) is 0 Å². The minimum absolute atomic E-state index is 0. The molecule has 7 heteroatoms. The molecule has 1 fully saturated rings. The summed E-state index contributed by atoms with van der Waals surface area (Å²) >= 11 is 0. The van der Waals surface area contributed by atoms with Crippen molar-refractivity contribution in [2.24, 2.45) is 10.7 Å². The highest BCUT2D eigenvalue weighted by atomic mass is 127. The first-order valence-electron chi connectivity index (χ1n) is 10.2. The highest BCUT2D eigenvalue weighted by Gasteiger charge is 2.14. The molecule has 0 aliphatic carbocycles. The Bertz CT molecular complexity index is 791. The standard InChI is InChI=1S/C23H31N3O3.HI/c1-17(2)29-22-8-6-20(7-9-22)26-23(24)25-15-18-4-3-5-19(14-18)16-28-21-10-12-27-13-11-21;/h3-9,14,17,21H,10-13,15-16H2,1-2H3,(H3,24,25,26);1H. The first-order valence-corrected chi connectivity index (χ1v) is 10.2. The molecule has 3 N–H and O–H groups in total. The second-order valence-corrected chi connectivity index (χ2v) is 7.46. The van der Waals surface area contributed by atoms with E-state index in [1.54, 1.807) is 0 Å². The van der Waals surface area contributed by atoms with Crippen molar-refractivity contribution >= 4 is 35.6 Å². The van der Waals surface area contributed by atoms with Crippen LogP contribution < -0.4 is 15.8 Å². The summed E-state index contributed by atoms with van der Waals surface area (Å²) in [4.78, 5) is 4.45. The van der Waals surface area contributed by atoms with Crippen LogP contribution in [0.1, 0.15) is 37.8 Å². The van der Waals surface area contributed by atoms with E-state index in [1.807, 2.05) is 50.2 Å². The van der Waals surface area contributed by atoms with Crippen LogP contribution in [0.3, 0.4) is 0 Å². The van der Waals surface area contributed by atoms with Crippen LogP contribution in [-0.4, -0.2) is 31.4 Å². The van der Waals surface area contributed by atoms with Gasteiger partial charge in [-0.25, -0.2) is 4.99 Å². The molecule has 30 heavy (non-hydrogen) atoms. The number of anilines is 1. The number of ether oxygens (including phenoxy) is 3. The number of rotatable bonds is 8. The maximum absolute atomic E-state index is 6.04. The van der Waals surface area contributed by atoms with Crippen LogP contribution in [-0.2, 0) is 22.6 Å². The summed E-state index contributed by atoms with van der Waals surface area (Å²) < 4.78 is 17.0. The molecule has 1 heterocycles. The van der Waals surface area contributed by atoms with E-state index in [1.165, 1.54) is 0 Å². The molecule has 3 rings (SSSR count). The zero-order chi connectivity index (χ0) is 20.5. The second kappa shape index (κ2) is 12.8. The van der Waals surface area contributed by atoms with Gasteiger partial charge in [-0.1, -0.05) is 24.3 Å². The zero-order valence-corrected chi connectivity index (χ0v) is 20.0. The second-order valence-electron chi connectivity index (χ2n) is 7.46. The Hall–Kier alpha value is -1.84. The Kier molecular flexibility index (Phi) is 10.4. The third-order valence-electron chi connectivity index (χ3n) is 4.58. The number of nitrogens with two attached hydrogens (primary N) is 1. The van der Waals surface area contributed by atoms with Crippen molar-refractivity contribution in [1.29, 1.82) is 0 Å². The third kappa shape index (κ3) is 8.49. The smallest absolute Gasteiger partial charge is 0.193 e. The van der Waals surface area contributed by atoms with Crippen LogP contribution in [0.25, 0.3) is 0 Å². The van der Waals surface area contributed by atoms with E-state index in [0.29, 0.717) is 25.2 Å². The van der Waals surface area contributed by atoms with E-state index in [4.69, 9.17) is 19.9 Å². The molecule has 2 aromatic carbocycles. The average Bonchev–Trinajstić information content (AvgIpc) is 2.73. The summed E-state index contributed by atoms with van der Waals surface area (Å²) in [6, 6.07) is 16.0. The minimum Gasteiger partial charge on any atom is -0.491 e. The molecule has 0 atom stereocenters. The van der Waals surface area contributed by atoms with Crippen LogP contribution in [0.5, 0.6) is 5.75 Å². The fraction of sp³-hybridized carbons (Fsp3) is 0.435. The lowest BCUT2D eigenvalue weighted by atomic mass is 10.1. The predicted molar refractivity (Wildman–Crippen MR) is 132 cm³/mol. The van der Waals surface area contributed by atoms with E-state index in [-0.39, 0.29) is 30.1 Å². The van der Waals surface area contributed by atoms with E-state index in [2.05, 4.69) is 22.4 Å². The number of hydrogen-bond donors (Lipinski definition) is 2. The number of aliphatic imine (C=N–C) groups is 1. The van der Waals surface area contributed by atoms with E-state index >= 15 is 0 Å². The molecule has 2 aromatic rings. The highest BCUT2D eigenvalue weighted by molar-refractivity contribution is 14.0. The number of nitrogens with one attached hydrogen (secondary N) is 1. The van der Waals surface area contributed by atoms with Gasteiger partial charge in [0, 0.05) is 18.9 Å². The number of nitrogens with zero attached hydrogens (tertiary/aromatic N) is 1. The van der Waals surface area contributed by atoms with E-state index in [9.17, 15) is 0 Å². The summed E-state index contributed by atoms with van der Waals surface area (Å²) in [7, 11) is 0. The van der Waals surface area contributed by atoms with Gasteiger partial charge in [0.1, 0.15) is 5.75 Å². The highest BCUT2D eigenvalue weighted by Crippen LogP contribution is 2.17. The van der Waals surface area contributed by atoms with Gasteiger partial charge in [0.25, 0.3) is 0 Å². The Balaban J connectivity index is 0.00000320. The molecule has 0 amide bonds. The molecule has 0 spiro atoms. The quantitative estimate of drug-likeness (QED) is 0.297. The summed E-state index contributed by atoms with van der Waals surface area (Å²) in [5, 5.41) is 3.11. The first-order chi connectivity index (χ1) is 14.1. The molecule has 0 aromatic heterocycles. The average molecular weight is 525 g/mol. The van der Waals surface area contributed by atoms with Gasteiger partial charge in [0.2, 0.25) is 0 Å². The Morgan fingerprint density at radius 1 is 1.13 bits per heavy atom. The van der Waals surface area contributed by atoms with Crippen LogP contribution in [0.4, 0.5) is 5.69 Å². The van der Waals surface area contributed by atoms with Gasteiger partial charge in [-0.3, -0.25) is 0 Å². The van der Waals surface area contributed by atoms with Crippen molar-refractivity contribution in [2.75, 3.05) is 18.5 Å². The predicted octanol–water partition coefficient (Wildman–Crippen LogP) is 4.71. The molecule has 0 radical (unpaired) electrons. The number of guanidine groups is 1. The normalized spacial score (nSPS) is 15.0. The lowest BCUT2D eigenvalue weighted by Crippen LogP contribution is -2.23. The van der Waals surface area contributed by atoms with Crippen molar-refractivity contribution in [3.05, 3.63) is 59.7 Å². The number of halogens is 1. The molecule has 0 unspecified atom stereocenters. The largest absolute Gasteiger partial charge is 0.491 e. The summed E-state index contributed by atoms with van der Waals surface area (Å²) in [5.74, 6) is 1.22. The molecular formula is C23H32IN3O3. The topological polar surface area (TPSA) is 78.1 Å². The Morgan fingerprint density at radius 3 is 2.53 bits per heavy atom. The van der Waals surface area contributed by atoms with Crippen LogP contribution in [0.15, 0.2) is 53.5 Å². The van der Waals surface area contributed by atoms with Gasteiger partial charge in [-0.2, -0.15) is 0 Å². The molecule has 1 aliphatic heterocycles. The lowest BCUT2D eigenvalue weighted by molar-refractivity contribution is -0.0390. The van der Waals surface area contributed by atoms with Gasteiger partial charge in [0.15, 0.2) is 5.96 Å². The maximum atomic E-state index is 6.04. The molecule has 0 saturated carbocycles. The Labute approximate surface area is 196 Å². The Morgan fingerprint density at radius 2 is 1.83 bits per heavy atom. The fourth-order valence-electron chi connectivity index (χ4n) is 3.13. The van der Waals surface area contributed by atoms with Crippen molar-refractivity contribution in [3.8, 4) is 5.75 Å². The van der Waals surface area contributed by atoms with E-state index < -0.39 is 0 Å². The molecule has 6 nitrogen and oxygen atoms in total. The fourth-order valence-corrected chi connectivity index (χ4v) is 3.13. The van der Waals surface area contributed by atoms with Gasteiger partial charge < -0.3 is 25.3 Å². The molecule has 1 saturated heterocycles. The summed E-state index contributed by atoms with van der Waals surface area (Å²) in [6.07, 6.45) is 2.38. The van der Waals surface area contributed by atoms with Crippen molar-refractivity contribution in [1.82, 2.24) is 0 Å². The summed E-state index contributed by atoms with van der Waals surface area (Å²) in [6.45, 7) is 6.71. The first kappa shape index (κ1) is 24.4. The SMILES string of the molecule is CC(C)Oc1ccc(NC(N)=NCc2cccc(COC3CCOCC3)c2)cc1.I. The van der Waals surface area contributed by atoms with Crippen LogP contribution >= 0.6 is 24.0 Å².